The Bertz CT molecular complexity index is 1120. The molecule has 0 aliphatic rings. The van der Waals surface area contributed by atoms with E-state index in [1.165, 1.54) is 17.8 Å². The highest BCUT2D eigenvalue weighted by molar-refractivity contribution is 7.98. The Morgan fingerprint density at radius 1 is 0.931 bits per heavy atom. The lowest BCUT2D eigenvalue weighted by Gasteiger charge is -2.10. The van der Waals surface area contributed by atoms with E-state index in [0.717, 1.165) is 17.0 Å². The quantitative estimate of drug-likeness (QED) is 0.255. The van der Waals surface area contributed by atoms with E-state index in [2.05, 4.69) is 15.2 Å². The molecule has 2 aromatic carbocycles. The van der Waals surface area contributed by atoms with Crippen molar-refractivity contribution in [3.8, 4) is 11.4 Å². The first-order chi connectivity index (χ1) is 14.2. The van der Waals surface area contributed by atoms with Crippen molar-refractivity contribution in [3.05, 3.63) is 100 Å². The molecule has 0 bridgehead atoms. The third kappa shape index (κ3) is 4.33. The minimum absolute atomic E-state index is 0.114. The molecule has 0 saturated heterocycles. The van der Waals surface area contributed by atoms with Gasteiger partial charge in [0.05, 0.1) is 11.5 Å². The summed E-state index contributed by atoms with van der Waals surface area (Å²) in [5.74, 6) is 1.17. The summed E-state index contributed by atoms with van der Waals surface area (Å²) in [6, 6.07) is 20.6. The highest BCUT2D eigenvalue weighted by atomic mass is 32.2. The fraction of sp³-hybridized carbons (Fsp3) is 0.0952. The Balaban J connectivity index is 1.66. The van der Waals surface area contributed by atoms with E-state index in [0.29, 0.717) is 23.0 Å². The SMILES string of the molecule is O=[N+]([O-])c1ccccc1CSc1nnc(-c2ccncc2)n1Cc1ccccc1. The fourth-order valence-corrected chi connectivity index (χ4v) is 3.91. The van der Waals surface area contributed by atoms with Crippen LogP contribution in [-0.4, -0.2) is 24.7 Å². The minimum atomic E-state index is -0.354. The number of benzene rings is 2. The summed E-state index contributed by atoms with van der Waals surface area (Å²) in [5.41, 5.74) is 2.81. The van der Waals surface area contributed by atoms with Crippen LogP contribution in [-0.2, 0) is 12.3 Å². The summed E-state index contributed by atoms with van der Waals surface area (Å²) < 4.78 is 2.03. The summed E-state index contributed by atoms with van der Waals surface area (Å²) in [6.07, 6.45) is 3.44. The molecular formula is C21H17N5O2S. The number of rotatable bonds is 7. The van der Waals surface area contributed by atoms with Gasteiger partial charge < -0.3 is 0 Å². The molecule has 0 unspecified atom stereocenters. The summed E-state index contributed by atoms with van der Waals surface area (Å²) >= 11 is 1.44. The topological polar surface area (TPSA) is 86.7 Å². The van der Waals surface area contributed by atoms with E-state index in [-0.39, 0.29) is 10.6 Å². The van der Waals surface area contributed by atoms with Crippen LogP contribution in [0.2, 0.25) is 0 Å². The standard InChI is InChI=1S/C21H17N5O2S/c27-26(28)19-9-5-4-8-18(19)15-29-21-24-23-20(17-10-12-22-13-11-17)25(21)14-16-6-2-1-3-7-16/h1-13H,14-15H2. The predicted octanol–water partition coefficient (Wildman–Crippen LogP) is 4.59. The van der Waals surface area contributed by atoms with Crippen molar-refractivity contribution in [1.29, 1.82) is 0 Å². The molecule has 0 spiro atoms. The van der Waals surface area contributed by atoms with Gasteiger partial charge in [0.25, 0.3) is 5.69 Å². The molecule has 0 N–H and O–H groups in total. The number of hydrogen-bond acceptors (Lipinski definition) is 6. The zero-order valence-electron chi connectivity index (χ0n) is 15.4. The van der Waals surface area contributed by atoms with Crippen LogP contribution in [0.1, 0.15) is 11.1 Å². The molecule has 0 amide bonds. The lowest BCUT2D eigenvalue weighted by Crippen LogP contribution is -2.04. The zero-order chi connectivity index (χ0) is 20.1. The van der Waals surface area contributed by atoms with Crippen molar-refractivity contribution in [1.82, 2.24) is 19.7 Å². The molecule has 4 aromatic rings. The van der Waals surface area contributed by atoms with Crippen LogP contribution in [0.4, 0.5) is 5.69 Å². The Labute approximate surface area is 171 Å². The van der Waals surface area contributed by atoms with Gasteiger partial charge in [-0.05, 0) is 17.7 Å². The summed E-state index contributed by atoms with van der Waals surface area (Å²) in [6.45, 7) is 0.602. The van der Waals surface area contributed by atoms with E-state index in [9.17, 15) is 10.1 Å². The molecule has 29 heavy (non-hydrogen) atoms. The molecule has 0 fully saturated rings. The first-order valence-corrected chi connectivity index (χ1v) is 9.93. The second-order valence-corrected chi connectivity index (χ2v) is 7.23. The van der Waals surface area contributed by atoms with Gasteiger partial charge in [0, 0.05) is 35.3 Å². The molecule has 144 valence electrons. The second-order valence-electron chi connectivity index (χ2n) is 6.29. The minimum Gasteiger partial charge on any atom is -0.298 e. The van der Waals surface area contributed by atoms with Crippen LogP contribution in [0.25, 0.3) is 11.4 Å². The second kappa shape index (κ2) is 8.66. The highest BCUT2D eigenvalue weighted by Crippen LogP contribution is 2.30. The van der Waals surface area contributed by atoms with Gasteiger partial charge in [-0.3, -0.25) is 19.7 Å². The van der Waals surface area contributed by atoms with Gasteiger partial charge in [-0.25, -0.2) is 0 Å². The molecule has 0 aliphatic carbocycles. The maximum Gasteiger partial charge on any atom is 0.273 e. The first kappa shape index (κ1) is 18.8. The molecule has 4 rings (SSSR count). The Morgan fingerprint density at radius 3 is 2.41 bits per heavy atom. The lowest BCUT2D eigenvalue weighted by molar-refractivity contribution is -0.385. The van der Waals surface area contributed by atoms with Crippen LogP contribution in [0.5, 0.6) is 0 Å². The van der Waals surface area contributed by atoms with Gasteiger partial charge in [-0.1, -0.05) is 60.3 Å². The summed E-state index contributed by atoms with van der Waals surface area (Å²) in [5, 5.41) is 20.7. The zero-order valence-corrected chi connectivity index (χ0v) is 16.2. The number of nitro groups is 1. The van der Waals surface area contributed by atoms with E-state index in [1.54, 1.807) is 30.6 Å². The van der Waals surface area contributed by atoms with Crippen LogP contribution in [0.15, 0.2) is 84.3 Å². The van der Waals surface area contributed by atoms with Gasteiger partial charge in [0.1, 0.15) is 0 Å². The Kier molecular flexibility index (Phi) is 5.62. The van der Waals surface area contributed by atoms with Crippen LogP contribution >= 0.6 is 11.8 Å². The number of pyridine rings is 1. The van der Waals surface area contributed by atoms with Gasteiger partial charge >= 0.3 is 0 Å². The van der Waals surface area contributed by atoms with Gasteiger partial charge in [-0.15, -0.1) is 10.2 Å². The molecule has 2 aromatic heterocycles. The van der Waals surface area contributed by atoms with Crippen LogP contribution in [0.3, 0.4) is 0 Å². The van der Waals surface area contributed by atoms with Gasteiger partial charge in [0.2, 0.25) is 0 Å². The number of para-hydroxylation sites is 1. The Hall–Kier alpha value is -3.52. The third-order valence-corrected chi connectivity index (χ3v) is 5.40. The van der Waals surface area contributed by atoms with Crippen molar-refractivity contribution < 1.29 is 4.92 Å². The van der Waals surface area contributed by atoms with Crippen LogP contribution < -0.4 is 0 Å². The predicted molar refractivity (Wildman–Crippen MR) is 111 cm³/mol. The van der Waals surface area contributed by atoms with Crippen molar-refractivity contribution >= 4 is 17.4 Å². The fourth-order valence-electron chi connectivity index (χ4n) is 2.97. The molecule has 0 atom stereocenters. The van der Waals surface area contributed by atoms with Crippen molar-refractivity contribution in [2.75, 3.05) is 0 Å². The number of hydrogen-bond donors (Lipinski definition) is 0. The number of aromatic nitrogens is 4. The number of nitro benzene ring substituents is 1. The van der Waals surface area contributed by atoms with Crippen molar-refractivity contribution in [2.24, 2.45) is 0 Å². The molecule has 0 aliphatic heterocycles. The number of nitrogens with zero attached hydrogens (tertiary/aromatic N) is 5. The number of thioether (sulfide) groups is 1. The van der Waals surface area contributed by atoms with Crippen molar-refractivity contribution in [2.45, 2.75) is 17.5 Å². The largest absolute Gasteiger partial charge is 0.298 e. The molecule has 2 heterocycles. The van der Waals surface area contributed by atoms with E-state index in [1.807, 2.05) is 47.0 Å². The van der Waals surface area contributed by atoms with Gasteiger partial charge in [-0.2, -0.15) is 0 Å². The van der Waals surface area contributed by atoms with E-state index in [4.69, 9.17) is 0 Å². The average molecular weight is 403 g/mol. The summed E-state index contributed by atoms with van der Waals surface area (Å²) in [4.78, 5) is 15.0. The molecule has 0 saturated carbocycles. The maximum absolute atomic E-state index is 11.3. The molecule has 0 radical (unpaired) electrons. The first-order valence-electron chi connectivity index (χ1n) is 8.95. The monoisotopic (exact) mass is 403 g/mol. The molecule has 7 nitrogen and oxygen atoms in total. The maximum atomic E-state index is 11.3. The van der Waals surface area contributed by atoms with Crippen molar-refractivity contribution in [3.63, 3.8) is 0 Å². The molecule has 8 heteroatoms. The average Bonchev–Trinajstić information content (AvgIpc) is 3.16. The van der Waals surface area contributed by atoms with Gasteiger partial charge in [0.15, 0.2) is 11.0 Å². The Morgan fingerprint density at radius 2 is 1.66 bits per heavy atom. The highest BCUT2D eigenvalue weighted by Gasteiger charge is 2.17. The van der Waals surface area contributed by atoms with E-state index < -0.39 is 0 Å². The van der Waals surface area contributed by atoms with Crippen LogP contribution in [0, 0.1) is 10.1 Å². The molecular weight excluding hydrogens is 386 g/mol. The smallest absolute Gasteiger partial charge is 0.273 e. The third-order valence-electron chi connectivity index (χ3n) is 4.38. The normalized spacial score (nSPS) is 10.8. The lowest BCUT2D eigenvalue weighted by atomic mass is 10.2. The van der Waals surface area contributed by atoms with E-state index >= 15 is 0 Å². The summed E-state index contributed by atoms with van der Waals surface area (Å²) in [7, 11) is 0.